The van der Waals surface area contributed by atoms with Gasteiger partial charge in [-0.15, -0.1) is 0 Å². The third-order valence-electron chi connectivity index (χ3n) is 1.36. The molecule has 1 saturated heterocycles. The number of hydrogen-bond donors (Lipinski definition) is 1. The van der Waals surface area contributed by atoms with Crippen LogP contribution in [0.3, 0.4) is 0 Å². The van der Waals surface area contributed by atoms with Crippen LogP contribution in [0.2, 0.25) is 0 Å². The van der Waals surface area contributed by atoms with Gasteiger partial charge in [-0.25, -0.2) is 4.79 Å². The highest BCUT2D eigenvalue weighted by molar-refractivity contribution is 5.74. The molecule has 0 unspecified atom stereocenters. The molecule has 1 aliphatic rings. The minimum absolute atomic E-state index is 0.0640. The van der Waals surface area contributed by atoms with Crippen molar-refractivity contribution >= 4 is 5.97 Å². The fourth-order valence-corrected chi connectivity index (χ4v) is 0.685. The number of ether oxygens (including phenoxy) is 2. The first kappa shape index (κ1) is 7.50. The number of methoxy groups -OCH3 is 1. The third kappa shape index (κ3) is 1.97. The van der Waals surface area contributed by atoms with Gasteiger partial charge in [-0.05, 0) is 0 Å². The predicted octanol–water partition coefficient (Wildman–Crippen LogP) is -0.691. The fourth-order valence-electron chi connectivity index (χ4n) is 0.685. The second-order valence-electron chi connectivity index (χ2n) is 2.23. The van der Waals surface area contributed by atoms with Crippen molar-refractivity contribution in [1.82, 2.24) is 0 Å². The van der Waals surface area contributed by atoms with Crippen LogP contribution in [0.15, 0.2) is 0 Å². The maximum Gasteiger partial charge on any atom is 0.334 e. The summed E-state index contributed by atoms with van der Waals surface area (Å²) in [5, 5.41) is 8.97. The van der Waals surface area contributed by atoms with Gasteiger partial charge in [-0.2, -0.15) is 0 Å². The number of aliphatic hydroxyl groups is 1. The zero-order valence-electron chi connectivity index (χ0n) is 5.74. The Morgan fingerprint density at radius 1 is 2.00 bits per heavy atom. The summed E-state index contributed by atoms with van der Waals surface area (Å²) < 4.78 is 9.10. The molecule has 0 spiro atoms. The zero-order chi connectivity index (χ0) is 7.56. The van der Waals surface area contributed by atoms with Crippen molar-refractivity contribution in [3.8, 4) is 0 Å². The Morgan fingerprint density at radius 2 is 2.60 bits per heavy atom. The monoisotopic (exact) mass is 146 g/mol. The van der Waals surface area contributed by atoms with Crippen LogP contribution in [0.1, 0.15) is 6.42 Å². The van der Waals surface area contributed by atoms with E-state index in [0.717, 1.165) is 0 Å². The Labute approximate surface area is 58.7 Å². The summed E-state index contributed by atoms with van der Waals surface area (Å²) in [6.45, 7) is 0.647. The van der Waals surface area contributed by atoms with E-state index in [0.29, 0.717) is 13.0 Å². The number of hydrogen-bond acceptors (Lipinski definition) is 4. The summed E-state index contributed by atoms with van der Waals surface area (Å²) in [6.07, 6.45) is -0.598. The van der Waals surface area contributed by atoms with Gasteiger partial charge in [0.2, 0.25) is 0 Å². The van der Waals surface area contributed by atoms with E-state index in [4.69, 9.17) is 9.84 Å². The van der Waals surface area contributed by atoms with Gasteiger partial charge in [0.25, 0.3) is 0 Å². The van der Waals surface area contributed by atoms with Crippen LogP contribution in [-0.2, 0) is 14.3 Å². The molecular weight excluding hydrogens is 136 g/mol. The maximum atomic E-state index is 10.5. The van der Waals surface area contributed by atoms with Crippen LogP contribution < -0.4 is 0 Å². The Bertz CT molecular complexity index is 130. The van der Waals surface area contributed by atoms with Crippen molar-refractivity contribution in [2.45, 2.75) is 18.6 Å². The van der Waals surface area contributed by atoms with Gasteiger partial charge in [0.15, 0.2) is 6.10 Å². The normalized spacial score (nSPS) is 25.6. The van der Waals surface area contributed by atoms with E-state index < -0.39 is 12.1 Å². The molecule has 0 aliphatic carbocycles. The van der Waals surface area contributed by atoms with Gasteiger partial charge in [-0.1, -0.05) is 0 Å². The largest absolute Gasteiger partial charge is 0.467 e. The van der Waals surface area contributed by atoms with Crippen molar-refractivity contribution in [3.05, 3.63) is 0 Å². The molecule has 10 heavy (non-hydrogen) atoms. The van der Waals surface area contributed by atoms with Gasteiger partial charge in [0.05, 0.1) is 19.8 Å². The number of esters is 1. The molecule has 1 heterocycles. The molecule has 0 amide bonds. The first-order chi connectivity index (χ1) is 4.74. The van der Waals surface area contributed by atoms with E-state index in [9.17, 15) is 4.79 Å². The summed E-state index contributed by atoms with van der Waals surface area (Å²) in [5.74, 6) is -0.587. The second-order valence-corrected chi connectivity index (χ2v) is 2.23. The molecular formula is C6H10O4. The highest BCUT2D eigenvalue weighted by Crippen LogP contribution is 2.15. The van der Waals surface area contributed by atoms with Crippen LogP contribution in [0, 0.1) is 0 Å². The SMILES string of the molecule is COC(=O)[C@@H](O)C[C@H]1CO1. The van der Waals surface area contributed by atoms with E-state index in [2.05, 4.69) is 4.74 Å². The predicted molar refractivity (Wildman–Crippen MR) is 32.4 cm³/mol. The van der Waals surface area contributed by atoms with E-state index >= 15 is 0 Å². The number of carbonyl (C=O) groups is 1. The highest BCUT2D eigenvalue weighted by Gasteiger charge is 2.29. The van der Waals surface area contributed by atoms with Crippen LogP contribution in [-0.4, -0.2) is 37.0 Å². The number of aliphatic hydroxyl groups excluding tert-OH is 1. The summed E-state index contributed by atoms with van der Waals surface area (Å²) >= 11 is 0. The summed E-state index contributed by atoms with van der Waals surface area (Å²) in [7, 11) is 1.25. The highest BCUT2D eigenvalue weighted by atomic mass is 16.6. The lowest BCUT2D eigenvalue weighted by Crippen LogP contribution is -2.23. The Morgan fingerprint density at radius 3 is 3.00 bits per heavy atom. The molecule has 0 aromatic heterocycles. The molecule has 4 nitrogen and oxygen atoms in total. The summed E-state index contributed by atoms with van der Waals surface area (Å²) in [4.78, 5) is 10.5. The molecule has 1 fully saturated rings. The van der Waals surface area contributed by atoms with Gasteiger partial charge < -0.3 is 14.6 Å². The van der Waals surface area contributed by atoms with E-state index in [1.807, 2.05) is 0 Å². The van der Waals surface area contributed by atoms with Crippen molar-refractivity contribution in [2.75, 3.05) is 13.7 Å². The third-order valence-corrected chi connectivity index (χ3v) is 1.36. The van der Waals surface area contributed by atoms with Crippen molar-refractivity contribution in [2.24, 2.45) is 0 Å². The summed E-state index contributed by atoms with van der Waals surface area (Å²) in [6, 6.07) is 0. The smallest absolute Gasteiger partial charge is 0.334 e. The number of epoxide rings is 1. The standard InChI is InChI=1S/C6H10O4/c1-9-6(8)5(7)2-4-3-10-4/h4-5,7H,2-3H2,1H3/t4-,5-/m0/s1. The second kappa shape index (κ2) is 2.98. The molecule has 0 aromatic rings. The van der Waals surface area contributed by atoms with Crippen molar-refractivity contribution in [3.63, 3.8) is 0 Å². The van der Waals surface area contributed by atoms with Crippen LogP contribution in [0.25, 0.3) is 0 Å². The van der Waals surface area contributed by atoms with Crippen LogP contribution in [0.4, 0.5) is 0 Å². The van der Waals surface area contributed by atoms with Crippen molar-refractivity contribution < 1.29 is 19.4 Å². The quantitative estimate of drug-likeness (QED) is 0.423. The Balaban J connectivity index is 2.18. The zero-order valence-corrected chi connectivity index (χ0v) is 5.74. The minimum Gasteiger partial charge on any atom is -0.467 e. The van der Waals surface area contributed by atoms with Gasteiger partial charge in [0, 0.05) is 6.42 Å². The molecule has 58 valence electrons. The van der Waals surface area contributed by atoms with E-state index in [-0.39, 0.29) is 6.10 Å². The molecule has 2 atom stereocenters. The average molecular weight is 146 g/mol. The van der Waals surface area contributed by atoms with Gasteiger partial charge in [0.1, 0.15) is 0 Å². The van der Waals surface area contributed by atoms with Gasteiger partial charge >= 0.3 is 5.97 Å². The topological polar surface area (TPSA) is 59.1 Å². The first-order valence-corrected chi connectivity index (χ1v) is 3.11. The molecule has 0 bridgehead atoms. The fraction of sp³-hybridized carbons (Fsp3) is 0.833. The van der Waals surface area contributed by atoms with Gasteiger partial charge in [-0.3, -0.25) is 0 Å². The molecule has 0 aromatic carbocycles. The first-order valence-electron chi connectivity index (χ1n) is 3.11. The summed E-state index contributed by atoms with van der Waals surface area (Å²) in [5.41, 5.74) is 0. The molecule has 1 rings (SSSR count). The van der Waals surface area contributed by atoms with Crippen molar-refractivity contribution in [1.29, 1.82) is 0 Å². The van der Waals surface area contributed by atoms with E-state index in [1.165, 1.54) is 7.11 Å². The molecule has 1 N–H and O–H groups in total. The molecule has 0 radical (unpaired) electrons. The number of carbonyl (C=O) groups excluding carboxylic acids is 1. The van der Waals surface area contributed by atoms with Crippen LogP contribution in [0.5, 0.6) is 0 Å². The molecule has 1 aliphatic heterocycles. The van der Waals surface area contributed by atoms with E-state index in [1.54, 1.807) is 0 Å². The maximum absolute atomic E-state index is 10.5. The average Bonchev–Trinajstić information content (AvgIpc) is 2.70. The minimum atomic E-state index is -1.02. The molecule has 4 heteroatoms. The lowest BCUT2D eigenvalue weighted by molar-refractivity contribution is -0.150. The lowest BCUT2D eigenvalue weighted by atomic mass is 10.2. The molecule has 0 saturated carbocycles. The Hall–Kier alpha value is -0.610. The number of rotatable bonds is 3. The van der Waals surface area contributed by atoms with Crippen LogP contribution >= 0.6 is 0 Å². The Kier molecular flexibility index (Phi) is 2.24. The lowest BCUT2D eigenvalue weighted by Gasteiger charge is -2.04.